The predicted octanol–water partition coefficient (Wildman–Crippen LogP) is 2.61. The van der Waals surface area contributed by atoms with Crippen LogP contribution in [0, 0.1) is 0 Å². The molecule has 3 aromatic rings. The van der Waals surface area contributed by atoms with Crippen LogP contribution in [0.15, 0.2) is 54.9 Å². The van der Waals surface area contributed by atoms with Gasteiger partial charge in [0.25, 0.3) is 0 Å². The quantitative estimate of drug-likeness (QED) is 0.669. The lowest BCUT2D eigenvalue weighted by molar-refractivity contribution is 1.09. The maximum atomic E-state index is 5.95. The van der Waals surface area contributed by atoms with E-state index in [4.69, 9.17) is 5.73 Å². The van der Waals surface area contributed by atoms with Crippen LogP contribution >= 0.6 is 0 Å². The molecule has 0 aliphatic heterocycles. The zero-order chi connectivity index (χ0) is 11.0. The fraction of sp³-hybridized carbons (Fsp3) is 0. The number of benzene rings is 1. The number of hydrogen-bond acceptors (Lipinski definition) is 2. The topological polar surface area (TPSA) is 43.8 Å². The Balaban J connectivity index is 2.33. The first-order valence-electron chi connectivity index (χ1n) is 5.13. The van der Waals surface area contributed by atoms with Crippen LogP contribution in [-0.2, 0) is 0 Å². The summed E-state index contributed by atoms with van der Waals surface area (Å²) in [6.45, 7) is 0. The molecule has 1 aromatic carbocycles. The Morgan fingerprint density at radius 1 is 1.00 bits per heavy atom. The molecular formula is C13H11N3. The molecule has 3 heteroatoms. The van der Waals surface area contributed by atoms with Gasteiger partial charge in [-0.05, 0) is 24.3 Å². The van der Waals surface area contributed by atoms with E-state index in [2.05, 4.69) is 4.98 Å². The summed E-state index contributed by atoms with van der Waals surface area (Å²) in [4.78, 5) is 4.36. The van der Waals surface area contributed by atoms with Crippen molar-refractivity contribution in [2.75, 3.05) is 5.73 Å². The highest BCUT2D eigenvalue weighted by atomic mass is 15.0. The Bertz CT molecular complexity index is 626. The minimum atomic E-state index is 0.756. The third kappa shape index (κ3) is 1.26. The van der Waals surface area contributed by atoms with Gasteiger partial charge in [-0.1, -0.05) is 18.2 Å². The summed E-state index contributed by atoms with van der Waals surface area (Å²) < 4.78 is 2.00. The molecule has 78 valence electrons. The molecule has 0 unspecified atom stereocenters. The summed E-state index contributed by atoms with van der Waals surface area (Å²) in [5, 5.41) is 0.992. The highest BCUT2D eigenvalue weighted by Gasteiger charge is 2.07. The molecule has 2 N–H and O–H groups in total. The number of rotatable bonds is 1. The third-order valence-electron chi connectivity index (χ3n) is 2.63. The Labute approximate surface area is 93.1 Å². The Hall–Kier alpha value is -2.29. The normalized spacial score (nSPS) is 10.8. The lowest BCUT2D eigenvalue weighted by Gasteiger charge is -2.02. The molecule has 2 heterocycles. The molecule has 0 saturated heterocycles. The van der Waals surface area contributed by atoms with Gasteiger partial charge in [-0.15, -0.1) is 0 Å². The molecule has 0 saturated carbocycles. The molecule has 0 spiro atoms. The van der Waals surface area contributed by atoms with Gasteiger partial charge in [0.05, 0.1) is 5.69 Å². The van der Waals surface area contributed by atoms with E-state index in [1.54, 1.807) is 6.20 Å². The van der Waals surface area contributed by atoms with Crippen molar-refractivity contribution in [1.82, 2.24) is 9.55 Å². The lowest BCUT2D eigenvalue weighted by atomic mass is 10.3. The largest absolute Gasteiger partial charge is 0.397 e. The number of nitrogens with zero attached hydrogens (tertiary/aromatic N) is 2. The van der Waals surface area contributed by atoms with E-state index in [0.717, 1.165) is 22.4 Å². The van der Waals surface area contributed by atoms with Crippen LogP contribution in [0.4, 0.5) is 5.69 Å². The zero-order valence-corrected chi connectivity index (χ0v) is 8.67. The van der Waals surface area contributed by atoms with Crippen molar-refractivity contribution in [3.8, 4) is 5.69 Å². The van der Waals surface area contributed by atoms with E-state index >= 15 is 0 Å². The molecule has 3 rings (SSSR count). The summed E-state index contributed by atoms with van der Waals surface area (Å²) in [6, 6.07) is 13.9. The van der Waals surface area contributed by atoms with Gasteiger partial charge in [0, 0.05) is 23.5 Å². The van der Waals surface area contributed by atoms with E-state index in [1.807, 2.05) is 53.2 Å². The van der Waals surface area contributed by atoms with Crippen LogP contribution in [0.25, 0.3) is 16.7 Å². The highest BCUT2D eigenvalue weighted by molar-refractivity contribution is 5.90. The van der Waals surface area contributed by atoms with Crippen molar-refractivity contribution in [2.45, 2.75) is 0 Å². The maximum Gasteiger partial charge on any atom is 0.146 e. The average Bonchev–Trinajstić information content (AvgIpc) is 2.69. The Morgan fingerprint density at radius 2 is 1.81 bits per heavy atom. The number of nitrogen functional groups attached to an aromatic ring is 1. The molecule has 0 aliphatic carbocycles. The van der Waals surface area contributed by atoms with Crippen LogP contribution in [-0.4, -0.2) is 9.55 Å². The summed E-state index contributed by atoms with van der Waals surface area (Å²) >= 11 is 0. The summed E-state index contributed by atoms with van der Waals surface area (Å²) in [5.41, 5.74) is 8.68. The van der Waals surface area contributed by atoms with Gasteiger partial charge in [0.2, 0.25) is 0 Å². The monoisotopic (exact) mass is 209 g/mol. The number of nitrogens with two attached hydrogens (primary N) is 1. The summed E-state index contributed by atoms with van der Waals surface area (Å²) in [6.07, 6.45) is 3.69. The van der Waals surface area contributed by atoms with E-state index < -0.39 is 0 Å². The van der Waals surface area contributed by atoms with E-state index in [-0.39, 0.29) is 0 Å². The summed E-state index contributed by atoms with van der Waals surface area (Å²) in [5.74, 6) is 0. The minimum Gasteiger partial charge on any atom is -0.397 e. The van der Waals surface area contributed by atoms with Crippen LogP contribution in [0.5, 0.6) is 0 Å². The molecule has 0 radical (unpaired) electrons. The molecule has 0 amide bonds. The van der Waals surface area contributed by atoms with Crippen molar-refractivity contribution in [2.24, 2.45) is 0 Å². The highest BCUT2D eigenvalue weighted by Crippen LogP contribution is 2.24. The molecule has 0 atom stereocenters. The van der Waals surface area contributed by atoms with Crippen LogP contribution in [0.2, 0.25) is 0 Å². The van der Waals surface area contributed by atoms with Gasteiger partial charge >= 0.3 is 0 Å². The average molecular weight is 209 g/mol. The van der Waals surface area contributed by atoms with Gasteiger partial charge in [-0.25, -0.2) is 4.98 Å². The predicted molar refractivity (Wildman–Crippen MR) is 65.5 cm³/mol. The number of pyridine rings is 1. The number of fused-ring (bicyclic) bond motifs is 1. The van der Waals surface area contributed by atoms with Crippen LogP contribution < -0.4 is 5.73 Å². The smallest absolute Gasteiger partial charge is 0.146 e. The summed E-state index contributed by atoms with van der Waals surface area (Å²) in [7, 11) is 0. The second-order valence-electron chi connectivity index (χ2n) is 3.66. The molecule has 0 fully saturated rings. The SMILES string of the molecule is Nc1cn(-c2ccccc2)c2ncccc12. The first kappa shape index (κ1) is 8.97. The van der Waals surface area contributed by atoms with Gasteiger partial charge in [0.1, 0.15) is 5.65 Å². The number of anilines is 1. The first-order valence-corrected chi connectivity index (χ1v) is 5.13. The third-order valence-corrected chi connectivity index (χ3v) is 2.63. The molecular weight excluding hydrogens is 198 g/mol. The number of hydrogen-bond donors (Lipinski definition) is 1. The van der Waals surface area contributed by atoms with Crippen LogP contribution in [0.1, 0.15) is 0 Å². The van der Waals surface area contributed by atoms with Gasteiger partial charge in [0.15, 0.2) is 0 Å². The Kier molecular flexibility index (Phi) is 1.90. The van der Waals surface area contributed by atoms with Gasteiger partial charge in [-0.2, -0.15) is 0 Å². The first-order chi connectivity index (χ1) is 7.86. The fourth-order valence-electron chi connectivity index (χ4n) is 1.87. The Morgan fingerprint density at radius 3 is 2.62 bits per heavy atom. The zero-order valence-electron chi connectivity index (χ0n) is 8.67. The van der Waals surface area contributed by atoms with Crippen molar-refractivity contribution >= 4 is 16.7 Å². The van der Waals surface area contributed by atoms with Crippen molar-refractivity contribution in [3.05, 3.63) is 54.9 Å². The molecule has 0 aliphatic rings. The second-order valence-corrected chi connectivity index (χ2v) is 3.66. The van der Waals surface area contributed by atoms with E-state index in [9.17, 15) is 0 Å². The van der Waals surface area contributed by atoms with Crippen molar-refractivity contribution in [1.29, 1.82) is 0 Å². The van der Waals surface area contributed by atoms with Crippen LogP contribution in [0.3, 0.4) is 0 Å². The van der Waals surface area contributed by atoms with Crippen molar-refractivity contribution < 1.29 is 0 Å². The van der Waals surface area contributed by atoms with E-state index in [1.165, 1.54) is 0 Å². The maximum absolute atomic E-state index is 5.95. The lowest BCUT2D eigenvalue weighted by Crippen LogP contribution is -1.92. The number of aromatic nitrogens is 2. The van der Waals surface area contributed by atoms with Gasteiger partial charge < -0.3 is 5.73 Å². The second kappa shape index (κ2) is 3.38. The van der Waals surface area contributed by atoms with Gasteiger partial charge in [-0.3, -0.25) is 4.57 Å². The molecule has 0 bridgehead atoms. The van der Waals surface area contributed by atoms with Crippen molar-refractivity contribution in [3.63, 3.8) is 0 Å². The minimum absolute atomic E-state index is 0.756. The standard InChI is InChI=1S/C13H11N3/c14-12-9-16(10-5-2-1-3-6-10)13-11(12)7-4-8-15-13/h1-9H,14H2. The molecule has 3 nitrogen and oxygen atoms in total. The fourth-order valence-corrected chi connectivity index (χ4v) is 1.87. The van der Waals surface area contributed by atoms with E-state index in [0.29, 0.717) is 0 Å². The molecule has 2 aromatic heterocycles. The number of para-hydroxylation sites is 1. The molecule has 16 heavy (non-hydrogen) atoms.